The molecule has 1 N–H and O–H groups in total. The maximum atomic E-state index is 13.7. The van der Waals surface area contributed by atoms with Gasteiger partial charge in [-0.25, -0.2) is 4.68 Å². The number of para-hydroxylation sites is 1. The number of rotatable bonds is 6. The number of benzene rings is 2. The molecule has 0 aliphatic carbocycles. The summed E-state index contributed by atoms with van der Waals surface area (Å²) in [5, 5.41) is 6.57. The van der Waals surface area contributed by atoms with Crippen LogP contribution >= 0.6 is 11.6 Å². The Morgan fingerprint density at radius 1 is 1.17 bits per heavy atom. The molecular formula is C20H18ClF3N4O. The van der Waals surface area contributed by atoms with Crippen LogP contribution in [0.1, 0.15) is 16.1 Å². The molecule has 0 atom stereocenters. The van der Waals surface area contributed by atoms with Crippen molar-refractivity contribution in [2.75, 3.05) is 25.0 Å². The number of hydrogen-bond donors (Lipinski definition) is 1. The third-order valence-electron chi connectivity index (χ3n) is 4.26. The number of carbonyl (C=O) groups excluding carboxylic acids is 1. The highest BCUT2D eigenvalue weighted by Gasteiger charge is 2.40. The van der Waals surface area contributed by atoms with Crippen LogP contribution in [0.2, 0.25) is 5.02 Å². The van der Waals surface area contributed by atoms with Crippen LogP contribution in [0.3, 0.4) is 0 Å². The molecule has 1 aromatic heterocycles. The molecule has 152 valence electrons. The largest absolute Gasteiger partial charge is 0.434 e. The van der Waals surface area contributed by atoms with Crippen LogP contribution in [0, 0.1) is 0 Å². The standard InChI is InChI=1S/C20H18ClF3N4O/c1-27(15-7-3-2-4-8-15)11-10-25-19(29)17-13-26-28(18(17)20(22,23)24)16-9-5-6-14(21)12-16/h2-9,12-13H,10-11H2,1H3,(H,25,29). The first-order valence-corrected chi connectivity index (χ1v) is 9.10. The summed E-state index contributed by atoms with van der Waals surface area (Å²) in [6.45, 7) is 0.601. The van der Waals surface area contributed by atoms with Crippen LogP contribution in [0.25, 0.3) is 5.69 Å². The van der Waals surface area contributed by atoms with Crippen molar-refractivity contribution in [1.82, 2.24) is 15.1 Å². The van der Waals surface area contributed by atoms with Crippen LogP contribution in [-0.4, -0.2) is 35.8 Å². The fraction of sp³-hybridized carbons (Fsp3) is 0.200. The molecule has 5 nitrogen and oxygen atoms in total. The molecule has 2 aromatic carbocycles. The molecule has 0 saturated carbocycles. The summed E-state index contributed by atoms with van der Waals surface area (Å²) in [6.07, 6.45) is -3.85. The van der Waals surface area contributed by atoms with E-state index in [1.54, 1.807) is 6.07 Å². The van der Waals surface area contributed by atoms with Crippen LogP contribution in [-0.2, 0) is 6.18 Å². The lowest BCUT2D eigenvalue weighted by molar-refractivity contribution is -0.143. The zero-order valence-corrected chi connectivity index (χ0v) is 16.2. The lowest BCUT2D eigenvalue weighted by Crippen LogP contribution is -2.34. The molecule has 0 unspecified atom stereocenters. The summed E-state index contributed by atoms with van der Waals surface area (Å²) in [7, 11) is 1.83. The lowest BCUT2D eigenvalue weighted by Gasteiger charge is -2.19. The molecule has 1 amide bonds. The molecule has 0 aliphatic heterocycles. The normalized spacial score (nSPS) is 11.3. The van der Waals surface area contributed by atoms with Gasteiger partial charge in [-0.15, -0.1) is 0 Å². The molecule has 0 aliphatic rings. The van der Waals surface area contributed by atoms with Gasteiger partial charge in [-0.2, -0.15) is 18.3 Å². The van der Waals surface area contributed by atoms with Gasteiger partial charge in [0.25, 0.3) is 5.91 Å². The second-order valence-electron chi connectivity index (χ2n) is 6.31. The summed E-state index contributed by atoms with van der Waals surface area (Å²) in [4.78, 5) is 14.3. The number of halogens is 4. The van der Waals surface area contributed by atoms with Crippen molar-refractivity contribution < 1.29 is 18.0 Å². The predicted octanol–water partition coefficient (Wildman–Crippen LogP) is 4.41. The van der Waals surface area contributed by atoms with E-state index in [9.17, 15) is 18.0 Å². The fourth-order valence-electron chi connectivity index (χ4n) is 2.83. The number of carbonyl (C=O) groups is 1. The zero-order chi connectivity index (χ0) is 21.0. The minimum atomic E-state index is -4.77. The maximum Gasteiger partial charge on any atom is 0.434 e. The number of hydrogen-bond acceptors (Lipinski definition) is 3. The lowest BCUT2D eigenvalue weighted by atomic mass is 10.2. The maximum absolute atomic E-state index is 13.7. The molecule has 0 spiro atoms. The molecule has 0 fully saturated rings. The van der Waals surface area contributed by atoms with Crippen molar-refractivity contribution in [3.8, 4) is 5.69 Å². The molecule has 3 rings (SSSR count). The van der Waals surface area contributed by atoms with E-state index in [0.717, 1.165) is 11.9 Å². The Bertz CT molecular complexity index is 989. The van der Waals surface area contributed by atoms with E-state index in [-0.39, 0.29) is 17.3 Å². The van der Waals surface area contributed by atoms with Gasteiger partial charge in [0, 0.05) is 30.8 Å². The first-order valence-electron chi connectivity index (χ1n) is 8.73. The van der Waals surface area contributed by atoms with Gasteiger partial charge in [-0.05, 0) is 30.3 Å². The highest BCUT2D eigenvalue weighted by molar-refractivity contribution is 6.30. The summed E-state index contributed by atoms with van der Waals surface area (Å²) in [5.41, 5.74) is -0.632. The minimum absolute atomic E-state index is 0.118. The monoisotopic (exact) mass is 422 g/mol. The third-order valence-corrected chi connectivity index (χ3v) is 4.50. The highest BCUT2D eigenvalue weighted by Crippen LogP contribution is 2.34. The average molecular weight is 423 g/mol. The van der Waals surface area contributed by atoms with Gasteiger partial charge in [0.05, 0.1) is 17.4 Å². The van der Waals surface area contributed by atoms with E-state index >= 15 is 0 Å². The Morgan fingerprint density at radius 2 is 1.90 bits per heavy atom. The molecule has 29 heavy (non-hydrogen) atoms. The van der Waals surface area contributed by atoms with E-state index in [0.29, 0.717) is 11.2 Å². The van der Waals surface area contributed by atoms with Gasteiger partial charge >= 0.3 is 6.18 Å². The Morgan fingerprint density at radius 3 is 2.55 bits per heavy atom. The summed E-state index contributed by atoms with van der Waals surface area (Å²) in [5.74, 6) is -0.841. The zero-order valence-electron chi connectivity index (χ0n) is 15.4. The van der Waals surface area contributed by atoms with Crippen molar-refractivity contribution in [2.45, 2.75) is 6.18 Å². The second kappa shape index (κ2) is 8.57. The van der Waals surface area contributed by atoms with Gasteiger partial charge in [-0.1, -0.05) is 35.9 Å². The van der Waals surface area contributed by atoms with Crippen molar-refractivity contribution in [3.63, 3.8) is 0 Å². The number of nitrogens with one attached hydrogen (secondary N) is 1. The number of alkyl halides is 3. The Balaban J connectivity index is 1.77. The van der Waals surface area contributed by atoms with Gasteiger partial charge in [0.2, 0.25) is 0 Å². The molecule has 1 heterocycles. The first-order chi connectivity index (χ1) is 13.8. The molecule has 0 radical (unpaired) electrons. The summed E-state index contributed by atoms with van der Waals surface area (Å²) < 4.78 is 41.7. The second-order valence-corrected chi connectivity index (χ2v) is 6.75. The average Bonchev–Trinajstić information content (AvgIpc) is 3.14. The van der Waals surface area contributed by atoms with Crippen LogP contribution in [0.4, 0.5) is 18.9 Å². The van der Waals surface area contributed by atoms with Crippen molar-refractivity contribution >= 4 is 23.2 Å². The summed E-state index contributed by atoms with van der Waals surface area (Å²) >= 11 is 5.87. The smallest absolute Gasteiger partial charge is 0.373 e. The van der Waals surface area contributed by atoms with E-state index in [2.05, 4.69) is 10.4 Å². The molecular weight excluding hydrogens is 405 g/mol. The number of amides is 1. The minimum Gasteiger partial charge on any atom is -0.373 e. The Hall–Kier alpha value is -3.00. The summed E-state index contributed by atoms with van der Waals surface area (Å²) in [6, 6.07) is 15.3. The highest BCUT2D eigenvalue weighted by atomic mass is 35.5. The number of aromatic nitrogens is 2. The van der Waals surface area contributed by atoms with Crippen LogP contribution in [0.15, 0.2) is 60.8 Å². The van der Waals surface area contributed by atoms with Gasteiger partial charge in [-0.3, -0.25) is 4.79 Å². The van der Waals surface area contributed by atoms with Crippen molar-refractivity contribution in [3.05, 3.63) is 77.1 Å². The first kappa shape index (κ1) is 20.7. The number of likely N-dealkylation sites (N-methyl/N-ethyl adjacent to an activating group) is 1. The predicted molar refractivity (Wildman–Crippen MR) is 106 cm³/mol. The van der Waals surface area contributed by atoms with E-state index in [4.69, 9.17) is 11.6 Å². The quantitative estimate of drug-likeness (QED) is 0.640. The molecule has 9 heteroatoms. The van der Waals surface area contributed by atoms with Crippen LogP contribution < -0.4 is 10.2 Å². The van der Waals surface area contributed by atoms with Gasteiger partial charge < -0.3 is 10.2 Å². The van der Waals surface area contributed by atoms with Crippen molar-refractivity contribution in [2.24, 2.45) is 0 Å². The third kappa shape index (κ3) is 4.89. The Kier molecular flexibility index (Phi) is 6.12. The van der Waals surface area contributed by atoms with Gasteiger partial charge in [0.15, 0.2) is 5.69 Å². The van der Waals surface area contributed by atoms with E-state index < -0.39 is 23.3 Å². The molecule has 3 aromatic rings. The van der Waals surface area contributed by atoms with Crippen molar-refractivity contribution in [1.29, 1.82) is 0 Å². The number of anilines is 1. The fourth-order valence-corrected chi connectivity index (χ4v) is 3.02. The van der Waals surface area contributed by atoms with Gasteiger partial charge in [0.1, 0.15) is 0 Å². The van der Waals surface area contributed by atoms with E-state index in [1.165, 1.54) is 18.2 Å². The van der Waals surface area contributed by atoms with E-state index in [1.807, 2.05) is 42.3 Å². The molecule has 0 saturated heterocycles. The Labute approximate surface area is 170 Å². The topological polar surface area (TPSA) is 50.2 Å². The number of nitrogens with zero attached hydrogens (tertiary/aromatic N) is 3. The van der Waals surface area contributed by atoms with Crippen LogP contribution in [0.5, 0.6) is 0 Å². The SMILES string of the molecule is CN(CCNC(=O)c1cnn(-c2cccc(Cl)c2)c1C(F)(F)F)c1ccccc1. The molecule has 0 bridgehead atoms.